The molecule has 1 fully saturated rings. The normalized spacial score (nSPS) is 17.3. The van der Waals surface area contributed by atoms with E-state index < -0.39 is 6.61 Å². The van der Waals surface area contributed by atoms with Crippen molar-refractivity contribution >= 4 is 11.6 Å². The Morgan fingerprint density at radius 3 is 2.96 bits per heavy atom. The number of rotatable bonds is 5. The van der Waals surface area contributed by atoms with E-state index >= 15 is 0 Å². The highest BCUT2D eigenvalue weighted by atomic mass is 19.3. The quantitative estimate of drug-likeness (QED) is 0.908. The number of benzene rings is 1. The summed E-state index contributed by atoms with van der Waals surface area (Å²) >= 11 is 0. The van der Waals surface area contributed by atoms with Crippen LogP contribution in [-0.2, 0) is 0 Å². The van der Waals surface area contributed by atoms with Crippen LogP contribution in [0, 0.1) is 6.92 Å². The number of hydrogen-bond acceptors (Lipinski definition) is 5. The van der Waals surface area contributed by atoms with E-state index in [9.17, 15) is 13.6 Å². The van der Waals surface area contributed by atoms with Gasteiger partial charge < -0.3 is 19.5 Å². The Morgan fingerprint density at radius 2 is 2.25 bits per heavy atom. The van der Waals surface area contributed by atoms with Crippen LogP contribution in [0.3, 0.4) is 0 Å². The fraction of sp³-hybridized carbons (Fsp3) is 0.375. The van der Waals surface area contributed by atoms with Gasteiger partial charge in [-0.15, -0.1) is 0 Å². The fourth-order valence-electron chi connectivity index (χ4n) is 2.74. The van der Waals surface area contributed by atoms with Crippen LogP contribution < -0.4 is 15.0 Å². The van der Waals surface area contributed by atoms with Crippen molar-refractivity contribution in [2.75, 3.05) is 18.0 Å². The van der Waals surface area contributed by atoms with Crippen molar-refractivity contribution in [2.45, 2.75) is 26.0 Å². The summed E-state index contributed by atoms with van der Waals surface area (Å²) in [5.41, 5.74) is 1.22. The van der Waals surface area contributed by atoms with Crippen LogP contribution in [-0.4, -0.2) is 36.8 Å². The number of para-hydroxylation sites is 2. The zero-order chi connectivity index (χ0) is 17.1. The Morgan fingerprint density at radius 1 is 1.46 bits per heavy atom. The van der Waals surface area contributed by atoms with Crippen molar-refractivity contribution in [3.63, 3.8) is 0 Å². The van der Waals surface area contributed by atoms with Crippen LogP contribution in [0.5, 0.6) is 5.75 Å². The van der Waals surface area contributed by atoms with Crippen molar-refractivity contribution in [2.24, 2.45) is 0 Å². The zero-order valence-electron chi connectivity index (χ0n) is 13.0. The van der Waals surface area contributed by atoms with Gasteiger partial charge in [-0.25, -0.2) is 0 Å². The summed E-state index contributed by atoms with van der Waals surface area (Å²) in [6.45, 7) is -0.0109. The molecular weight excluding hydrogens is 320 g/mol. The van der Waals surface area contributed by atoms with Gasteiger partial charge in [0.2, 0.25) is 5.76 Å². The van der Waals surface area contributed by atoms with E-state index in [4.69, 9.17) is 4.52 Å². The van der Waals surface area contributed by atoms with Crippen LogP contribution >= 0.6 is 0 Å². The Balaban J connectivity index is 1.64. The molecule has 1 aromatic carbocycles. The van der Waals surface area contributed by atoms with Crippen LogP contribution in [0.4, 0.5) is 14.5 Å². The summed E-state index contributed by atoms with van der Waals surface area (Å²) in [7, 11) is 0. The monoisotopic (exact) mass is 337 g/mol. The SMILES string of the molecule is Cc1cc(C(=O)N[C@H]2CCN(c3ccccc3OC(F)F)C2)on1. The minimum atomic E-state index is -2.88. The second-order valence-electron chi connectivity index (χ2n) is 5.58. The molecule has 0 unspecified atom stereocenters. The summed E-state index contributed by atoms with van der Waals surface area (Å²) in [6, 6.07) is 8.09. The molecule has 128 valence electrons. The molecule has 1 amide bonds. The zero-order valence-corrected chi connectivity index (χ0v) is 13.0. The molecule has 1 aliphatic heterocycles. The van der Waals surface area contributed by atoms with E-state index in [2.05, 4.69) is 15.2 Å². The van der Waals surface area contributed by atoms with Crippen LogP contribution in [0.25, 0.3) is 0 Å². The number of nitrogens with one attached hydrogen (secondary N) is 1. The number of ether oxygens (including phenoxy) is 1. The summed E-state index contributed by atoms with van der Waals surface area (Å²) in [5, 5.41) is 6.55. The van der Waals surface area contributed by atoms with E-state index in [1.165, 1.54) is 6.07 Å². The van der Waals surface area contributed by atoms with Gasteiger partial charge in [-0.3, -0.25) is 4.79 Å². The highest BCUT2D eigenvalue weighted by Crippen LogP contribution is 2.31. The second kappa shape index (κ2) is 6.86. The average Bonchev–Trinajstić information content (AvgIpc) is 3.16. The number of aryl methyl sites for hydroxylation is 1. The lowest BCUT2D eigenvalue weighted by molar-refractivity contribution is -0.0495. The van der Waals surface area contributed by atoms with Crippen LogP contribution in [0.2, 0.25) is 0 Å². The smallest absolute Gasteiger partial charge is 0.387 e. The van der Waals surface area contributed by atoms with Crippen LogP contribution in [0.15, 0.2) is 34.9 Å². The Labute approximate surface area is 137 Å². The molecule has 24 heavy (non-hydrogen) atoms. The number of alkyl halides is 2. The molecule has 1 aliphatic rings. The minimum Gasteiger partial charge on any atom is -0.433 e. The minimum absolute atomic E-state index is 0.109. The van der Waals surface area contributed by atoms with Gasteiger partial charge in [0.1, 0.15) is 5.75 Å². The molecule has 6 nitrogen and oxygen atoms in total. The van der Waals surface area contributed by atoms with E-state index in [1.807, 2.05) is 4.90 Å². The molecule has 1 atom stereocenters. The largest absolute Gasteiger partial charge is 0.433 e. The first-order valence-electron chi connectivity index (χ1n) is 7.56. The number of carbonyl (C=O) groups is 1. The lowest BCUT2D eigenvalue weighted by atomic mass is 10.2. The highest BCUT2D eigenvalue weighted by Gasteiger charge is 2.27. The molecule has 3 rings (SSSR count). The van der Waals surface area contributed by atoms with Gasteiger partial charge >= 0.3 is 6.61 Å². The number of amides is 1. The lowest BCUT2D eigenvalue weighted by Crippen LogP contribution is -2.37. The van der Waals surface area contributed by atoms with E-state index in [0.717, 1.165) is 0 Å². The van der Waals surface area contributed by atoms with Gasteiger partial charge in [-0.05, 0) is 25.5 Å². The Bertz CT molecular complexity index is 720. The molecular formula is C16H17F2N3O3. The van der Waals surface area contributed by atoms with Crippen molar-refractivity contribution in [1.29, 1.82) is 0 Å². The third-order valence-electron chi connectivity index (χ3n) is 3.80. The predicted molar refractivity (Wildman–Crippen MR) is 82.4 cm³/mol. The lowest BCUT2D eigenvalue weighted by Gasteiger charge is -2.21. The second-order valence-corrected chi connectivity index (χ2v) is 5.58. The number of nitrogens with zero attached hydrogens (tertiary/aromatic N) is 2. The highest BCUT2D eigenvalue weighted by molar-refractivity contribution is 5.91. The number of halogens is 2. The van der Waals surface area contributed by atoms with Gasteiger partial charge in [0.25, 0.3) is 5.91 Å². The Hall–Kier alpha value is -2.64. The predicted octanol–water partition coefficient (Wildman–Crippen LogP) is 2.59. The number of aromatic nitrogens is 1. The molecule has 0 radical (unpaired) electrons. The fourth-order valence-corrected chi connectivity index (χ4v) is 2.74. The molecule has 8 heteroatoms. The first-order valence-corrected chi connectivity index (χ1v) is 7.56. The maximum Gasteiger partial charge on any atom is 0.387 e. The van der Waals surface area contributed by atoms with E-state index in [1.54, 1.807) is 31.2 Å². The Kier molecular flexibility index (Phi) is 4.64. The molecule has 0 bridgehead atoms. The maximum atomic E-state index is 12.5. The summed E-state index contributed by atoms with van der Waals surface area (Å²) in [5.74, 6) is -0.0442. The van der Waals surface area contributed by atoms with Crippen LogP contribution in [0.1, 0.15) is 22.7 Å². The first-order chi connectivity index (χ1) is 11.5. The topological polar surface area (TPSA) is 67.6 Å². The third kappa shape index (κ3) is 3.64. The van der Waals surface area contributed by atoms with Gasteiger partial charge in [0.05, 0.1) is 11.4 Å². The molecule has 1 aromatic heterocycles. The molecule has 0 aliphatic carbocycles. The third-order valence-corrected chi connectivity index (χ3v) is 3.80. The van der Waals surface area contributed by atoms with Gasteiger partial charge in [-0.2, -0.15) is 8.78 Å². The molecule has 0 spiro atoms. The maximum absolute atomic E-state index is 12.5. The van der Waals surface area contributed by atoms with E-state index in [-0.39, 0.29) is 23.5 Å². The van der Waals surface area contributed by atoms with Crippen molar-refractivity contribution in [1.82, 2.24) is 10.5 Å². The standard InChI is InChI=1S/C16H17F2N3O3/c1-10-8-14(24-20-10)15(22)19-11-6-7-21(9-11)12-4-2-3-5-13(12)23-16(17)18/h2-5,8,11,16H,6-7,9H2,1H3,(H,19,22)/t11-/m0/s1. The number of anilines is 1. The summed E-state index contributed by atoms with van der Waals surface area (Å²) in [6.07, 6.45) is 0.696. The molecule has 2 heterocycles. The van der Waals surface area contributed by atoms with Crippen molar-refractivity contribution in [3.8, 4) is 5.75 Å². The van der Waals surface area contributed by atoms with E-state index in [0.29, 0.717) is 30.9 Å². The van der Waals surface area contributed by atoms with Gasteiger partial charge in [0.15, 0.2) is 0 Å². The molecule has 2 aromatic rings. The summed E-state index contributed by atoms with van der Waals surface area (Å²) in [4.78, 5) is 14.0. The van der Waals surface area contributed by atoms with Gasteiger partial charge in [-0.1, -0.05) is 17.3 Å². The van der Waals surface area contributed by atoms with Gasteiger partial charge in [0, 0.05) is 25.2 Å². The first kappa shape index (κ1) is 16.2. The number of carbonyl (C=O) groups excluding carboxylic acids is 1. The van der Waals surface area contributed by atoms with Crippen molar-refractivity contribution < 1.29 is 22.8 Å². The molecule has 0 saturated carbocycles. The number of hydrogen-bond donors (Lipinski definition) is 1. The average molecular weight is 337 g/mol. The molecule has 1 saturated heterocycles. The van der Waals surface area contributed by atoms with Crippen molar-refractivity contribution in [3.05, 3.63) is 41.8 Å². The molecule has 1 N–H and O–H groups in total. The summed E-state index contributed by atoms with van der Waals surface area (Å²) < 4.78 is 34.5.